The average Bonchev–Trinajstić information content (AvgIpc) is 3.52. The highest BCUT2D eigenvalue weighted by Crippen LogP contribution is 2.59. The molecule has 2 aliphatic rings. The third-order valence-corrected chi connectivity index (χ3v) is 12.4. The van der Waals surface area contributed by atoms with Gasteiger partial charge in [0.05, 0.1) is 31.4 Å². The van der Waals surface area contributed by atoms with Gasteiger partial charge in [-0.1, -0.05) is 85.8 Å². The van der Waals surface area contributed by atoms with Crippen LogP contribution in [0.15, 0.2) is 109 Å². The molecular formula is C39H43N3O6Si. The lowest BCUT2D eigenvalue weighted by atomic mass is 9.82. The van der Waals surface area contributed by atoms with E-state index in [2.05, 4.69) is 0 Å². The summed E-state index contributed by atoms with van der Waals surface area (Å²) in [6.07, 6.45) is 0.0581. The molecule has 10 heteroatoms. The zero-order valence-corrected chi connectivity index (χ0v) is 29.1. The van der Waals surface area contributed by atoms with Gasteiger partial charge in [0.15, 0.2) is 13.9 Å². The molecule has 4 aromatic rings. The van der Waals surface area contributed by atoms with Gasteiger partial charge in [-0.15, -0.1) is 0 Å². The van der Waals surface area contributed by atoms with Crippen LogP contribution in [-0.2, 0) is 37.8 Å². The first-order valence-corrected chi connectivity index (χ1v) is 19.7. The standard InChI is InChI=1S/C39H43N3O6Si/c1-28-37(49(2,3)47)35(24-36(45)40(22-23-43)25-29-12-6-4-7-13-29)48-39(28)33-16-10-11-17-34(33)41(38(39)46)26-30-18-20-32(21-19-30)42(27-44)31-14-8-5-9-15-31/h4-21,27-28,35,37,43,47H,22-26H2,1-3H3/t28-,35+,37-,39+/m0/s1. The van der Waals surface area contributed by atoms with E-state index >= 15 is 0 Å². The monoisotopic (exact) mass is 677 g/mol. The molecule has 6 rings (SSSR count). The van der Waals surface area contributed by atoms with Crippen molar-refractivity contribution in [3.63, 3.8) is 0 Å². The summed E-state index contributed by atoms with van der Waals surface area (Å²) in [5.74, 6) is -0.838. The minimum absolute atomic E-state index is 0.0217. The van der Waals surface area contributed by atoms with Crippen LogP contribution >= 0.6 is 0 Å². The van der Waals surface area contributed by atoms with E-state index in [-0.39, 0.29) is 37.9 Å². The Morgan fingerprint density at radius 1 is 0.898 bits per heavy atom. The summed E-state index contributed by atoms with van der Waals surface area (Å²) in [5, 5.41) is 9.79. The van der Waals surface area contributed by atoms with Crippen molar-refractivity contribution in [3.8, 4) is 0 Å². The molecule has 2 aliphatic heterocycles. The fourth-order valence-electron chi connectivity index (χ4n) is 7.71. The number of benzene rings is 4. The lowest BCUT2D eigenvalue weighted by Crippen LogP contribution is -2.46. The number of hydrogen-bond acceptors (Lipinski definition) is 6. The van der Waals surface area contributed by atoms with Gasteiger partial charge in [-0.25, -0.2) is 0 Å². The first-order valence-electron chi connectivity index (χ1n) is 16.7. The molecule has 0 bridgehead atoms. The number of carbonyl (C=O) groups excluding carboxylic acids is 3. The number of carbonyl (C=O) groups is 3. The van der Waals surface area contributed by atoms with E-state index in [4.69, 9.17) is 4.74 Å². The van der Waals surface area contributed by atoms with Crippen LogP contribution in [0.2, 0.25) is 18.6 Å². The van der Waals surface area contributed by atoms with Crippen LogP contribution < -0.4 is 9.80 Å². The Morgan fingerprint density at radius 3 is 2.14 bits per heavy atom. The lowest BCUT2D eigenvalue weighted by Gasteiger charge is -2.32. The largest absolute Gasteiger partial charge is 0.432 e. The van der Waals surface area contributed by atoms with Gasteiger partial charge in [0.25, 0.3) is 5.91 Å². The molecule has 1 fully saturated rings. The number of amides is 3. The van der Waals surface area contributed by atoms with Crippen molar-refractivity contribution in [2.75, 3.05) is 23.0 Å². The van der Waals surface area contributed by atoms with E-state index in [1.54, 1.807) is 14.7 Å². The third-order valence-electron chi connectivity index (χ3n) is 9.90. The lowest BCUT2D eigenvalue weighted by molar-refractivity contribution is -0.150. The molecule has 0 saturated carbocycles. The molecule has 254 valence electrons. The van der Waals surface area contributed by atoms with Gasteiger partial charge >= 0.3 is 0 Å². The van der Waals surface area contributed by atoms with Crippen LogP contribution in [0, 0.1) is 5.92 Å². The molecule has 3 amide bonds. The molecule has 1 saturated heterocycles. The minimum atomic E-state index is -2.98. The second-order valence-corrected chi connectivity index (χ2v) is 17.4. The van der Waals surface area contributed by atoms with Gasteiger partial charge < -0.3 is 24.4 Å². The zero-order chi connectivity index (χ0) is 34.8. The highest BCUT2D eigenvalue weighted by molar-refractivity contribution is 6.71. The smallest absolute Gasteiger partial charge is 0.264 e. The number of para-hydroxylation sites is 2. The molecule has 49 heavy (non-hydrogen) atoms. The first-order chi connectivity index (χ1) is 23.6. The van der Waals surface area contributed by atoms with Crippen LogP contribution in [0.3, 0.4) is 0 Å². The van der Waals surface area contributed by atoms with E-state index in [9.17, 15) is 24.3 Å². The number of anilines is 3. The predicted octanol–water partition coefficient (Wildman–Crippen LogP) is 5.74. The molecule has 0 unspecified atom stereocenters. The van der Waals surface area contributed by atoms with Crippen LogP contribution in [0.4, 0.5) is 17.1 Å². The number of aliphatic hydroxyl groups excluding tert-OH is 1. The SMILES string of the molecule is C[C@H]1[C@H]([Si](C)(C)O)[C@@H](CC(=O)N(CCO)Cc2ccccc2)O[C@]12C(=O)N(Cc1ccc(N(C=O)c3ccccc3)cc1)c1ccccc12. The Labute approximate surface area is 288 Å². The Hall–Kier alpha value is -4.61. The normalized spacial score (nSPS) is 21.5. The average molecular weight is 678 g/mol. The molecule has 9 nitrogen and oxygen atoms in total. The van der Waals surface area contributed by atoms with Crippen LogP contribution in [0.25, 0.3) is 0 Å². The molecule has 4 aromatic carbocycles. The van der Waals surface area contributed by atoms with Gasteiger partial charge in [0.2, 0.25) is 12.3 Å². The highest BCUT2D eigenvalue weighted by Gasteiger charge is 2.66. The topological polar surface area (TPSA) is 111 Å². The van der Waals surface area contributed by atoms with Crippen molar-refractivity contribution in [2.45, 2.75) is 56.8 Å². The van der Waals surface area contributed by atoms with Crippen LogP contribution in [0.1, 0.15) is 30.0 Å². The Kier molecular flexibility index (Phi) is 9.85. The van der Waals surface area contributed by atoms with Gasteiger partial charge in [0.1, 0.15) is 0 Å². The maximum atomic E-state index is 14.7. The van der Waals surface area contributed by atoms with E-state index in [1.165, 1.54) is 0 Å². The number of rotatable bonds is 12. The van der Waals surface area contributed by atoms with E-state index < -0.39 is 31.5 Å². The summed E-state index contributed by atoms with van der Waals surface area (Å²) < 4.78 is 6.86. The van der Waals surface area contributed by atoms with Crippen molar-refractivity contribution < 1.29 is 29.0 Å². The van der Waals surface area contributed by atoms with Crippen LogP contribution in [-0.4, -0.2) is 60.6 Å². The maximum Gasteiger partial charge on any atom is 0.264 e. The summed E-state index contributed by atoms with van der Waals surface area (Å²) in [5.41, 5.74) is 2.95. The third kappa shape index (κ3) is 6.57. The Morgan fingerprint density at radius 2 is 1.51 bits per heavy atom. The van der Waals surface area contributed by atoms with Crippen molar-refractivity contribution in [1.29, 1.82) is 0 Å². The summed E-state index contributed by atoms with van der Waals surface area (Å²) in [4.78, 5) is 57.1. The summed E-state index contributed by atoms with van der Waals surface area (Å²) in [6.45, 7) is 6.22. The predicted molar refractivity (Wildman–Crippen MR) is 191 cm³/mol. The van der Waals surface area contributed by atoms with Crippen molar-refractivity contribution in [2.24, 2.45) is 5.92 Å². The van der Waals surface area contributed by atoms with Crippen molar-refractivity contribution in [3.05, 3.63) is 126 Å². The highest BCUT2D eigenvalue weighted by atomic mass is 28.4. The summed E-state index contributed by atoms with van der Waals surface area (Å²) in [7, 11) is -2.98. The maximum absolute atomic E-state index is 14.7. The van der Waals surface area contributed by atoms with E-state index in [0.717, 1.165) is 34.5 Å². The fraction of sp³-hybridized carbons (Fsp3) is 0.308. The van der Waals surface area contributed by atoms with Gasteiger partial charge in [-0.05, 0) is 54.6 Å². The number of ether oxygens (including phenoxy) is 1. The molecule has 0 radical (unpaired) electrons. The number of hydrogen-bond donors (Lipinski definition) is 2. The molecule has 1 spiro atoms. The van der Waals surface area contributed by atoms with Gasteiger partial charge in [-0.3, -0.25) is 19.3 Å². The molecule has 2 N–H and O–H groups in total. The zero-order valence-electron chi connectivity index (χ0n) is 28.1. The van der Waals surface area contributed by atoms with E-state index in [0.29, 0.717) is 12.2 Å². The number of nitrogens with zero attached hydrogens (tertiary/aromatic N) is 3. The molecule has 0 aliphatic carbocycles. The molecule has 4 atom stereocenters. The van der Waals surface area contributed by atoms with Crippen molar-refractivity contribution in [1.82, 2.24) is 4.90 Å². The summed E-state index contributed by atoms with van der Waals surface area (Å²) in [6, 6.07) is 34.1. The molecular weight excluding hydrogens is 635 g/mol. The van der Waals surface area contributed by atoms with Crippen molar-refractivity contribution >= 4 is 43.6 Å². The van der Waals surface area contributed by atoms with Crippen LogP contribution in [0.5, 0.6) is 0 Å². The fourth-order valence-corrected chi connectivity index (χ4v) is 10.3. The van der Waals surface area contributed by atoms with E-state index in [1.807, 2.05) is 129 Å². The summed E-state index contributed by atoms with van der Waals surface area (Å²) >= 11 is 0. The number of aliphatic hydroxyl groups is 1. The van der Waals surface area contributed by atoms with Gasteiger partial charge in [0, 0.05) is 41.5 Å². The Bertz CT molecular complexity index is 1780. The minimum Gasteiger partial charge on any atom is -0.432 e. The quantitative estimate of drug-likeness (QED) is 0.146. The second-order valence-electron chi connectivity index (χ2n) is 13.5. The first kappa shape index (κ1) is 34.3. The van der Waals surface area contributed by atoms with Gasteiger partial charge in [-0.2, -0.15) is 0 Å². The Balaban J connectivity index is 1.28. The molecule has 0 aromatic heterocycles. The molecule has 2 heterocycles. The number of fused-ring (bicyclic) bond motifs is 2. The second kappa shape index (κ2) is 14.1.